The lowest BCUT2D eigenvalue weighted by Crippen LogP contribution is -2.16. The third-order valence-electron chi connectivity index (χ3n) is 3.50. The smallest absolute Gasteiger partial charge is 0.144 e. The van der Waals surface area contributed by atoms with Crippen LogP contribution in [0.15, 0.2) is 53.7 Å². The van der Waals surface area contributed by atoms with E-state index in [1.807, 2.05) is 24.3 Å². The van der Waals surface area contributed by atoms with Crippen LogP contribution in [0.4, 0.5) is 20.2 Å². The number of aliphatic imine (C=N–C) groups is 1. The van der Waals surface area contributed by atoms with E-state index in [1.54, 1.807) is 0 Å². The molecule has 3 aromatic rings. The standard InChI is InChI=1S/C16H10F2N4/c17-10-5-3-6-11(18)14(10)16-20-12-7-2-1-4-9(12)15-13(21-16)8-19-22-15/h1-8H,(H,19,22)(H,20,21). The van der Waals surface area contributed by atoms with E-state index in [0.29, 0.717) is 17.1 Å². The van der Waals surface area contributed by atoms with E-state index in [-0.39, 0.29) is 11.4 Å². The molecule has 0 amide bonds. The average molecular weight is 296 g/mol. The van der Waals surface area contributed by atoms with Gasteiger partial charge in [0.05, 0.1) is 17.5 Å². The summed E-state index contributed by atoms with van der Waals surface area (Å²) in [5.41, 5.74) is 2.58. The maximum Gasteiger partial charge on any atom is 0.144 e. The molecule has 0 aliphatic carbocycles. The van der Waals surface area contributed by atoms with Crippen molar-refractivity contribution in [1.82, 2.24) is 10.2 Å². The normalized spacial score (nSPS) is 12.7. The molecule has 108 valence electrons. The number of hydrogen-bond donors (Lipinski definition) is 2. The summed E-state index contributed by atoms with van der Waals surface area (Å²) in [6, 6.07) is 11.1. The van der Waals surface area contributed by atoms with Gasteiger partial charge in [-0.2, -0.15) is 5.10 Å². The molecule has 0 bridgehead atoms. The molecule has 0 saturated heterocycles. The minimum absolute atomic E-state index is 0.114. The third kappa shape index (κ3) is 1.88. The number of aromatic amines is 1. The highest BCUT2D eigenvalue weighted by Crippen LogP contribution is 2.36. The number of anilines is 1. The van der Waals surface area contributed by atoms with Crippen LogP contribution in [0.25, 0.3) is 11.3 Å². The summed E-state index contributed by atoms with van der Waals surface area (Å²) in [6.45, 7) is 0. The zero-order valence-corrected chi connectivity index (χ0v) is 11.3. The molecule has 1 aromatic heterocycles. The van der Waals surface area contributed by atoms with Gasteiger partial charge in [0.2, 0.25) is 0 Å². The van der Waals surface area contributed by atoms with Gasteiger partial charge in [-0.15, -0.1) is 0 Å². The van der Waals surface area contributed by atoms with E-state index < -0.39 is 11.6 Å². The molecule has 0 saturated carbocycles. The Balaban J connectivity index is 1.98. The molecule has 0 unspecified atom stereocenters. The van der Waals surface area contributed by atoms with Crippen LogP contribution in [0.2, 0.25) is 0 Å². The predicted molar refractivity (Wildman–Crippen MR) is 80.2 cm³/mol. The first kappa shape index (κ1) is 12.7. The third-order valence-corrected chi connectivity index (χ3v) is 3.50. The van der Waals surface area contributed by atoms with E-state index in [0.717, 1.165) is 5.56 Å². The second-order valence-electron chi connectivity index (χ2n) is 4.86. The molecular weight excluding hydrogens is 286 g/mol. The Hall–Kier alpha value is -3.02. The van der Waals surface area contributed by atoms with Crippen molar-refractivity contribution in [3.8, 4) is 11.3 Å². The topological polar surface area (TPSA) is 53.1 Å². The first-order valence-electron chi connectivity index (χ1n) is 6.67. The summed E-state index contributed by atoms with van der Waals surface area (Å²) in [5.74, 6) is -1.23. The maximum atomic E-state index is 14.1. The highest BCUT2D eigenvalue weighted by Gasteiger charge is 2.22. The van der Waals surface area contributed by atoms with Crippen molar-refractivity contribution < 1.29 is 8.78 Å². The van der Waals surface area contributed by atoms with Crippen LogP contribution in [0, 0.1) is 11.6 Å². The maximum absolute atomic E-state index is 14.1. The van der Waals surface area contributed by atoms with E-state index in [2.05, 4.69) is 20.5 Å². The number of fused-ring (bicyclic) bond motifs is 3. The van der Waals surface area contributed by atoms with Crippen LogP contribution in [0.1, 0.15) is 5.56 Å². The molecule has 0 spiro atoms. The monoisotopic (exact) mass is 296 g/mol. The van der Waals surface area contributed by atoms with Gasteiger partial charge in [-0.3, -0.25) is 5.10 Å². The Bertz CT molecular complexity index is 878. The molecule has 0 atom stereocenters. The van der Waals surface area contributed by atoms with Crippen molar-refractivity contribution in [2.45, 2.75) is 0 Å². The predicted octanol–water partition coefficient (Wildman–Crippen LogP) is 3.86. The first-order chi connectivity index (χ1) is 10.7. The fourth-order valence-electron chi connectivity index (χ4n) is 2.49. The number of hydrogen-bond acceptors (Lipinski definition) is 3. The molecule has 22 heavy (non-hydrogen) atoms. The largest absolute Gasteiger partial charge is 0.339 e. The quantitative estimate of drug-likeness (QED) is 0.716. The Morgan fingerprint density at radius 1 is 0.909 bits per heavy atom. The van der Waals surface area contributed by atoms with Gasteiger partial charge >= 0.3 is 0 Å². The molecule has 0 radical (unpaired) electrons. The molecule has 0 fully saturated rings. The number of halogens is 2. The van der Waals surface area contributed by atoms with Crippen molar-refractivity contribution in [2.75, 3.05) is 5.32 Å². The zero-order chi connectivity index (χ0) is 15.1. The van der Waals surface area contributed by atoms with Crippen molar-refractivity contribution >= 4 is 17.2 Å². The Morgan fingerprint density at radius 3 is 2.50 bits per heavy atom. The first-order valence-corrected chi connectivity index (χ1v) is 6.67. The number of H-pyrrole nitrogens is 1. The van der Waals surface area contributed by atoms with Crippen LogP contribution in [-0.4, -0.2) is 16.0 Å². The lowest BCUT2D eigenvalue weighted by atomic mass is 10.1. The summed E-state index contributed by atoms with van der Waals surface area (Å²) < 4.78 is 28.1. The minimum atomic E-state index is -0.671. The molecule has 1 aliphatic heterocycles. The van der Waals surface area contributed by atoms with Crippen molar-refractivity contribution in [3.63, 3.8) is 0 Å². The number of nitrogens with one attached hydrogen (secondary N) is 2. The van der Waals surface area contributed by atoms with Crippen molar-refractivity contribution in [3.05, 3.63) is 65.9 Å². The summed E-state index contributed by atoms with van der Waals surface area (Å²) in [6.07, 6.45) is 1.53. The Kier molecular flexibility index (Phi) is 2.75. The number of rotatable bonds is 1. The highest BCUT2D eigenvalue weighted by atomic mass is 19.1. The van der Waals surface area contributed by atoms with E-state index >= 15 is 0 Å². The van der Waals surface area contributed by atoms with Gasteiger partial charge in [0.1, 0.15) is 23.2 Å². The van der Waals surface area contributed by atoms with Crippen LogP contribution in [0.3, 0.4) is 0 Å². The lowest BCUT2D eigenvalue weighted by molar-refractivity contribution is 0.579. The zero-order valence-electron chi connectivity index (χ0n) is 11.3. The van der Waals surface area contributed by atoms with Gasteiger partial charge in [-0.05, 0) is 18.2 Å². The molecule has 2 N–H and O–H groups in total. The summed E-state index contributed by atoms with van der Waals surface area (Å²) in [4.78, 5) is 4.34. The second-order valence-corrected chi connectivity index (χ2v) is 4.86. The fourth-order valence-corrected chi connectivity index (χ4v) is 2.49. The van der Waals surface area contributed by atoms with E-state index in [9.17, 15) is 8.78 Å². The van der Waals surface area contributed by atoms with Crippen molar-refractivity contribution in [1.29, 1.82) is 0 Å². The van der Waals surface area contributed by atoms with Crippen molar-refractivity contribution in [2.24, 2.45) is 4.99 Å². The number of nitrogens with zero attached hydrogens (tertiary/aromatic N) is 2. The molecule has 6 heteroatoms. The van der Waals surface area contributed by atoms with Crippen LogP contribution >= 0.6 is 0 Å². The number of aromatic nitrogens is 2. The second kappa shape index (κ2) is 4.77. The SMILES string of the molecule is Fc1cccc(F)c1C1=Nc2cn[nH]c2-c2ccccc2N1. The molecular formula is C16H10F2N4. The minimum Gasteiger partial charge on any atom is -0.339 e. The number of benzene rings is 2. The van der Waals surface area contributed by atoms with Gasteiger partial charge in [0.15, 0.2) is 0 Å². The van der Waals surface area contributed by atoms with Gasteiger partial charge in [-0.1, -0.05) is 24.3 Å². The number of para-hydroxylation sites is 1. The molecule has 1 aliphatic rings. The Morgan fingerprint density at radius 2 is 1.68 bits per heavy atom. The summed E-state index contributed by atoms with van der Waals surface area (Å²) >= 11 is 0. The highest BCUT2D eigenvalue weighted by molar-refractivity contribution is 6.13. The molecule has 4 nitrogen and oxygen atoms in total. The summed E-state index contributed by atoms with van der Waals surface area (Å²) in [5, 5.41) is 9.85. The average Bonchev–Trinajstić information content (AvgIpc) is 2.90. The number of amidine groups is 1. The van der Waals surface area contributed by atoms with Gasteiger partial charge in [0.25, 0.3) is 0 Å². The fraction of sp³-hybridized carbons (Fsp3) is 0. The van der Waals surface area contributed by atoms with E-state index in [1.165, 1.54) is 24.4 Å². The van der Waals surface area contributed by atoms with E-state index in [4.69, 9.17) is 0 Å². The van der Waals surface area contributed by atoms with Crippen LogP contribution < -0.4 is 5.32 Å². The summed E-state index contributed by atoms with van der Waals surface area (Å²) in [7, 11) is 0. The molecule has 4 rings (SSSR count). The van der Waals surface area contributed by atoms with Crippen LogP contribution in [-0.2, 0) is 0 Å². The molecule has 2 aromatic carbocycles. The van der Waals surface area contributed by atoms with Crippen LogP contribution in [0.5, 0.6) is 0 Å². The van der Waals surface area contributed by atoms with Gasteiger partial charge in [0, 0.05) is 11.3 Å². The van der Waals surface area contributed by atoms with Gasteiger partial charge in [-0.25, -0.2) is 13.8 Å². The lowest BCUT2D eigenvalue weighted by Gasteiger charge is -2.11. The molecule has 2 heterocycles. The van der Waals surface area contributed by atoms with Gasteiger partial charge < -0.3 is 5.32 Å². The Labute approximate surface area is 124 Å².